The fourth-order valence-corrected chi connectivity index (χ4v) is 0.507. The second-order valence-electron chi connectivity index (χ2n) is 1.69. The predicted octanol–water partition coefficient (Wildman–Crippen LogP) is -2.19. The first kappa shape index (κ1) is 8.90. The molecule has 4 N–H and O–H groups in total. The molecule has 0 aromatic rings. The predicted molar refractivity (Wildman–Crippen MR) is 36.1 cm³/mol. The van der Waals surface area contributed by atoms with Crippen molar-refractivity contribution in [3.8, 4) is 0 Å². The molecule has 0 rings (SSSR count). The van der Waals surface area contributed by atoms with E-state index in [1.807, 2.05) is 0 Å². The lowest BCUT2D eigenvalue weighted by Gasteiger charge is -2.10. The van der Waals surface area contributed by atoms with Crippen LogP contribution in [0.3, 0.4) is 0 Å². The maximum Gasteiger partial charge on any atom is 0.243 e. The summed E-state index contributed by atoms with van der Waals surface area (Å²) in [5, 5.41) is 4.63. The summed E-state index contributed by atoms with van der Waals surface area (Å²) >= 11 is 0. The van der Waals surface area contributed by atoms with Crippen LogP contribution in [-0.4, -0.2) is 32.0 Å². The van der Waals surface area contributed by atoms with Crippen molar-refractivity contribution < 1.29 is 9.59 Å². The van der Waals surface area contributed by atoms with Crippen molar-refractivity contribution in [2.45, 2.75) is 6.04 Å². The number of carbonyl (C=O) groups is 2. The molecule has 1 atom stereocenters. The molecule has 0 aliphatic heterocycles. The topological polar surface area (TPSA) is 84.2 Å². The summed E-state index contributed by atoms with van der Waals surface area (Å²) in [6.45, 7) is 0.110. The molecule has 5 nitrogen and oxygen atoms in total. The molecule has 0 aromatic heterocycles. The second kappa shape index (κ2) is 4.75. The summed E-state index contributed by atoms with van der Waals surface area (Å²) in [5.74, 6) is -0.283. The van der Waals surface area contributed by atoms with Gasteiger partial charge >= 0.3 is 0 Å². The molecule has 10 heavy (non-hydrogen) atoms. The van der Waals surface area contributed by atoms with Gasteiger partial charge in [0.2, 0.25) is 12.3 Å². The lowest BCUT2D eigenvalue weighted by atomic mass is 10.3. The van der Waals surface area contributed by atoms with E-state index < -0.39 is 6.04 Å². The minimum absolute atomic E-state index is 0.110. The zero-order valence-electron chi connectivity index (χ0n) is 5.76. The average Bonchev–Trinajstić information content (AvgIpc) is 1.99. The van der Waals surface area contributed by atoms with Gasteiger partial charge in [0.1, 0.15) is 6.04 Å². The number of nitrogens with two attached hydrogens (primary N) is 1. The Morgan fingerprint density at radius 3 is 2.70 bits per heavy atom. The van der Waals surface area contributed by atoms with Crippen molar-refractivity contribution >= 4 is 12.3 Å². The fraction of sp³-hybridized carbons (Fsp3) is 0.600. The monoisotopic (exact) mass is 145 g/mol. The van der Waals surface area contributed by atoms with Crippen LogP contribution in [0.15, 0.2) is 0 Å². The molecular weight excluding hydrogens is 134 g/mol. The minimum Gasteiger partial charge on any atom is -0.357 e. The first-order valence-electron chi connectivity index (χ1n) is 2.87. The van der Waals surface area contributed by atoms with Crippen molar-refractivity contribution in [3.63, 3.8) is 0 Å². The highest BCUT2D eigenvalue weighted by atomic mass is 16.2. The number of likely N-dealkylation sites (N-methyl/N-ethyl adjacent to an activating group) is 1. The van der Waals surface area contributed by atoms with E-state index in [0.717, 1.165) is 0 Å². The van der Waals surface area contributed by atoms with Gasteiger partial charge in [0.15, 0.2) is 0 Å². The van der Waals surface area contributed by atoms with Crippen LogP contribution >= 0.6 is 0 Å². The summed E-state index contributed by atoms with van der Waals surface area (Å²) in [6, 6.07) is -0.609. The van der Waals surface area contributed by atoms with E-state index in [2.05, 4.69) is 10.6 Å². The third-order valence-corrected chi connectivity index (χ3v) is 1.07. The Kier molecular flexibility index (Phi) is 4.23. The zero-order valence-corrected chi connectivity index (χ0v) is 5.76. The third-order valence-electron chi connectivity index (χ3n) is 1.07. The van der Waals surface area contributed by atoms with Crippen LogP contribution in [0.4, 0.5) is 0 Å². The number of carbonyl (C=O) groups excluding carboxylic acids is 2. The van der Waals surface area contributed by atoms with Crippen molar-refractivity contribution in [1.82, 2.24) is 10.6 Å². The van der Waals surface area contributed by atoms with Gasteiger partial charge in [-0.15, -0.1) is 0 Å². The van der Waals surface area contributed by atoms with Gasteiger partial charge in [-0.25, -0.2) is 0 Å². The molecule has 0 bridgehead atoms. The molecule has 2 amide bonds. The van der Waals surface area contributed by atoms with Gasteiger partial charge in [-0.05, 0) is 0 Å². The molecule has 0 heterocycles. The Balaban J connectivity index is 3.79. The van der Waals surface area contributed by atoms with Gasteiger partial charge in [0, 0.05) is 13.6 Å². The summed E-state index contributed by atoms with van der Waals surface area (Å²) in [5.41, 5.74) is 5.15. The summed E-state index contributed by atoms with van der Waals surface area (Å²) in [6.07, 6.45) is 0.451. The number of hydrogen-bond donors (Lipinski definition) is 3. The molecule has 0 aromatic carbocycles. The molecule has 0 saturated carbocycles. The van der Waals surface area contributed by atoms with Gasteiger partial charge in [0.05, 0.1) is 0 Å². The smallest absolute Gasteiger partial charge is 0.243 e. The van der Waals surface area contributed by atoms with E-state index in [9.17, 15) is 9.59 Å². The van der Waals surface area contributed by atoms with Crippen molar-refractivity contribution in [1.29, 1.82) is 0 Å². The second-order valence-corrected chi connectivity index (χ2v) is 1.69. The highest BCUT2D eigenvalue weighted by molar-refractivity contribution is 5.83. The van der Waals surface area contributed by atoms with Crippen LogP contribution in [0, 0.1) is 0 Å². The van der Waals surface area contributed by atoms with Gasteiger partial charge in [-0.3, -0.25) is 9.59 Å². The molecule has 0 fully saturated rings. The Bertz CT molecular complexity index is 126. The van der Waals surface area contributed by atoms with E-state index >= 15 is 0 Å². The Morgan fingerprint density at radius 2 is 2.40 bits per heavy atom. The largest absolute Gasteiger partial charge is 0.357 e. The van der Waals surface area contributed by atoms with Gasteiger partial charge in [-0.2, -0.15) is 0 Å². The van der Waals surface area contributed by atoms with Crippen molar-refractivity contribution in [2.75, 3.05) is 13.6 Å². The molecule has 0 aliphatic rings. The van der Waals surface area contributed by atoms with Gasteiger partial charge < -0.3 is 16.4 Å². The lowest BCUT2D eigenvalue weighted by molar-refractivity contribution is -0.124. The van der Waals surface area contributed by atoms with Gasteiger partial charge in [0.25, 0.3) is 0 Å². The number of hydrogen-bond acceptors (Lipinski definition) is 3. The van der Waals surface area contributed by atoms with Crippen molar-refractivity contribution in [3.05, 3.63) is 0 Å². The zero-order chi connectivity index (χ0) is 7.98. The van der Waals surface area contributed by atoms with Gasteiger partial charge in [-0.1, -0.05) is 0 Å². The molecule has 1 unspecified atom stereocenters. The first-order valence-corrected chi connectivity index (χ1v) is 2.87. The third kappa shape index (κ3) is 2.45. The highest BCUT2D eigenvalue weighted by Gasteiger charge is 2.12. The number of nitrogens with one attached hydrogen (secondary N) is 2. The van der Waals surface area contributed by atoms with E-state index in [0.29, 0.717) is 6.41 Å². The maximum absolute atomic E-state index is 10.7. The van der Waals surface area contributed by atoms with E-state index in [-0.39, 0.29) is 12.5 Å². The van der Waals surface area contributed by atoms with Crippen LogP contribution in [0.1, 0.15) is 0 Å². The van der Waals surface area contributed by atoms with E-state index in [4.69, 9.17) is 5.73 Å². The Morgan fingerprint density at radius 1 is 1.80 bits per heavy atom. The molecule has 58 valence electrons. The standard InChI is InChI=1S/C5H11N3O2/c1-7-5(10)4(2-6)8-3-9/h3-4H,2,6H2,1H3,(H,7,10)(H,8,9). The summed E-state index contributed by atoms with van der Waals surface area (Å²) in [7, 11) is 1.48. The van der Waals surface area contributed by atoms with Crippen LogP contribution in [0.25, 0.3) is 0 Å². The SMILES string of the molecule is CNC(=O)C(CN)NC=O. The quantitative estimate of drug-likeness (QED) is 0.393. The van der Waals surface area contributed by atoms with E-state index in [1.54, 1.807) is 0 Å². The fourth-order valence-electron chi connectivity index (χ4n) is 0.507. The first-order chi connectivity index (χ1) is 4.76. The molecular formula is C5H11N3O2. The van der Waals surface area contributed by atoms with Crippen LogP contribution in [0.5, 0.6) is 0 Å². The Labute approximate surface area is 59.0 Å². The average molecular weight is 145 g/mol. The van der Waals surface area contributed by atoms with Crippen LogP contribution in [0.2, 0.25) is 0 Å². The molecule has 0 radical (unpaired) electrons. The van der Waals surface area contributed by atoms with E-state index in [1.165, 1.54) is 7.05 Å². The maximum atomic E-state index is 10.7. The number of amides is 2. The number of rotatable bonds is 4. The molecule has 5 heteroatoms. The molecule has 0 spiro atoms. The Hall–Kier alpha value is -1.10. The molecule has 0 saturated heterocycles. The minimum atomic E-state index is -0.609. The van der Waals surface area contributed by atoms with Crippen molar-refractivity contribution in [2.24, 2.45) is 5.73 Å². The summed E-state index contributed by atoms with van der Waals surface area (Å²) < 4.78 is 0. The molecule has 0 aliphatic carbocycles. The lowest BCUT2D eigenvalue weighted by Crippen LogP contribution is -2.47. The highest BCUT2D eigenvalue weighted by Crippen LogP contribution is 1.75. The van der Waals surface area contributed by atoms with Crippen LogP contribution in [-0.2, 0) is 9.59 Å². The summed E-state index contributed by atoms with van der Waals surface area (Å²) in [4.78, 5) is 20.6. The normalized spacial score (nSPS) is 11.8. The van der Waals surface area contributed by atoms with Crippen LogP contribution < -0.4 is 16.4 Å².